The van der Waals surface area contributed by atoms with Gasteiger partial charge >= 0.3 is 0 Å². The Morgan fingerprint density at radius 3 is 2.07 bits per heavy atom. The molecule has 1 aliphatic heterocycles. The summed E-state index contributed by atoms with van der Waals surface area (Å²) in [5, 5.41) is 0. The van der Waals surface area contributed by atoms with E-state index in [1.807, 2.05) is 6.07 Å². The van der Waals surface area contributed by atoms with Gasteiger partial charge in [0, 0.05) is 44.8 Å². The number of piperazine rings is 1. The van der Waals surface area contributed by atoms with Crippen LogP contribution in [0.15, 0.2) is 48.5 Å². The number of nitrogens with zero attached hydrogens (tertiary/aromatic N) is 2. The fourth-order valence-corrected chi connectivity index (χ4v) is 5.30. The third-order valence-electron chi connectivity index (χ3n) is 6.86. The van der Waals surface area contributed by atoms with Crippen LogP contribution in [0.1, 0.15) is 49.3 Å². The summed E-state index contributed by atoms with van der Waals surface area (Å²) in [6, 6.07) is 18.0. The summed E-state index contributed by atoms with van der Waals surface area (Å²) in [7, 11) is 3.43. The normalized spacial score (nSPS) is 20.1. The molecule has 4 rings (SSSR count). The molecular weight excluding hydrogens is 372 g/mol. The average molecular weight is 409 g/mol. The van der Waals surface area contributed by atoms with Crippen LogP contribution in [0.4, 0.5) is 0 Å². The fraction of sp³-hybridized carbons (Fsp3) is 0.538. The summed E-state index contributed by atoms with van der Waals surface area (Å²) < 4.78 is 10.9. The summed E-state index contributed by atoms with van der Waals surface area (Å²) >= 11 is 0. The first kappa shape index (κ1) is 21.2. The zero-order chi connectivity index (χ0) is 20.8. The molecule has 4 heteroatoms. The minimum Gasteiger partial charge on any atom is -0.497 e. The average Bonchev–Trinajstić information content (AvgIpc) is 2.81. The highest BCUT2D eigenvalue weighted by Crippen LogP contribution is 2.38. The van der Waals surface area contributed by atoms with E-state index in [9.17, 15) is 0 Å². The molecule has 0 N–H and O–H groups in total. The van der Waals surface area contributed by atoms with Crippen LogP contribution in [0.5, 0.6) is 11.5 Å². The Balaban J connectivity index is 1.42. The molecule has 162 valence electrons. The molecule has 1 atom stereocenters. The molecule has 1 aliphatic carbocycles. The molecule has 0 spiro atoms. The predicted molar refractivity (Wildman–Crippen MR) is 122 cm³/mol. The molecule has 1 saturated heterocycles. The Labute approximate surface area is 181 Å². The molecule has 1 unspecified atom stereocenters. The standard InChI is InChI=1S/C26H36N2O2/c1-29-24-17-21(18-25(19-24)30-2)20-27-13-15-28(16-14-27)26(22-9-5-3-6-10-22)23-11-7-4-8-12-23/h3,5-6,9-10,17-19,23,26H,4,7-8,11-16,20H2,1-2H3. The van der Waals surface area contributed by atoms with Gasteiger partial charge in [0.05, 0.1) is 14.2 Å². The van der Waals surface area contributed by atoms with E-state index in [-0.39, 0.29) is 0 Å². The number of hydrogen-bond acceptors (Lipinski definition) is 4. The third-order valence-corrected chi connectivity index (χ3v) is 6.86. The zero-order valence-corrected chi connectivity index (χ0v) is 18.6. The van der Waals surface area contributed by atoms with Gasteiger partial charge in [-0.05, 0) is 42.0 Å². The third kappa shape index (κ3) is 5.16. The Morgan fingerprint density at radius 1 is 0.833 bits per heavy atom. The van der Waals surface area contributed by atoms with Gasteiger partial charge in [-0.1, -0.05) is 49.6 Å². The van der Waals surface area contributed by atoms with Crippen molar-refractivity contribution in [3.63, 3.8) is 0 Å². The van der Waals surface area contributed by atoms with Crippen molar-refractivity contribution in [3.05, 3.63) is 59.7 Å². The van der Waals surface area contributed by atoms with Gasteiger partial charge in [0.1, 0.15) is 11.5 Å². The van der Waals surface area contributed by atoms with Gasteiger partial charge in [-0.3, -0.25) is 9.80 Å². The number of hydrogen-bond donors (Lipinski definition) is 0. The van der Waals surface area contributed by atoms with Crippen LogP contribution in [0.25, 0.3) is 0 Å². The quantitative estimate of drug-likeness (QED) is 0.633. The lowest BCUT2D eigenvalue weighted by atomic mass is 9.80. The Hall–Kier alpha value is -2.04. The molecule has 30 heavy (non-hydrogen) atoms. The van der Waals surface area contributed by atoms with Crippen molar-refractivity contribution in [2.45, 2.75) is 44.7 Å². The second-order valence-electron chi connectivity index (χ2n) is 8.79. The molecule has 1 heterocycles. The number of benzene rings is 2. The van der Waals surface area contributed by atoms with Crippen LogP contribution in [0.2, 0.25) is 0 Å². The van der Waals surface area contributed by atoms with Crippen molar-refractivity contribution in [2.24, 2.45) is 5.92 Å². The maximum atomic E-state index is 5.44. The molecule has 2 aromatic rings. The maximum Gasteiger partial charge on any atom is 0.122 e. The minimum absolute atomic E-state index is 0.575. The Morgan fingerprint density at radius 2 is 1.47 bits per heavy atom. The number of ether oxygens (including phenoxy) is 2. The SMILES string of the molecule is COc1cc(CN2CCN(C(c3ccccc3)C3CCCCC3)CC2)cc(OC)c1. The Bertz CT molecular complexity index is 759. The monoisotopic (exact) mass is 408 g/mol. The van der Waals surface area contributed by atoms with Crippen molar-refractivity contribution in [1.29, 1.82) is 0 Å². The van der Waals surface area contributed by atoms with Crippen LogP contribution in [-0.2, 0) is 6.54 Å². The van der Waals surface area contributed by atoms with Crippen LogP contribution < -0.4 is 9.47 Å². The largest absolute Gasteiger partial charge is 0.497 e. The first-order chi connectivity index (χ1) is 14.8. The van der Waals surface area contributed by atoms with E-state index in [0.29, 0.717) is 6.04 Å². The van der Waals surface area contributed by atoms with Gasteiger partial charge in [-0.2, -0.15) is 0 Å². The summed E-state index contributed by atoms with van der Waals surface area (Å²) in [5.41, 5.74) is 2.77. The molecule has 4 nitrogen and oxygen atoms in total. The van der Waals surface area contributed by atoms with Crippen LogP contribution in [0, 0.1) is 5.92 Å². The predicted octanol–water partition coefficient (Wildman–Crippen LogP) is 5.14. The summed E-state index contributed by atoms with van der Waals surface area (Å²) in [4.78, 5) is 5.32. The van der Waals surface area contributed by atoms with Gasteiger partial charge in [0.15, 0.2) is 0 Å². The lowest BCUT2D eigenvalue weighted by molar-refractivity contribution is 0.0547. The lowest BCUT2D eigenvalue weighted by Crippen LogP contribution is -2.48. The van der Waals surface area contributed by atoms with E-state index in [1.54, 1.807) is 14.2 Å². The second kappa shape index (κ2) is 10.3. The molecule has 2 aliphatic rings. The fourth-order valence-electron chi connectivity index (χ4n) is 5.30. The molecule has 2 aromatic carbocycles. The summed E-state index contributed by atoms with van der Waals surface area (Å²) in [6.45, 7) is 5.43. The second-order valence-corrected chi connectivity index (χ2v) is 8.79. The van der Waals surface area contributed by atoms with Crippen molar-refractivity contribution >= 4 is 0 Å². The minimum atomic E-state index is 0.575. The van der Waals surface area contributed by atoms with Crippen molar-refractivity contribution in [2.75, 3.05) is 40.4 Å². The molecular formula is C26H36N2O2. The highest BCUT2D eigenvalue weighted by atomic mass is 16.5. The van der Waals surface area contributed by atoms with E-state index in [1.165, 1.54) is 43.2 Å². The van der Waals surface area contributed by atoms with Crippen LogP contribution in [0.3, 0.4) is 0 Å². The molecule has 2 fully saturated rings. The van der Waals surface area contributed by atoms with E-state index < -0.39 is 0 Å². The van der Waals surface area contributed by atoms with Gasteiger partial charge in [0.2, 0.25) is 0 Å². The van der Waals surface area contributed by atoms with E-state index in [0.717, 1.165) is 50.1 Å². The molecule has 0 bridgehead atoms. The summed E-state index contributed by atoms with van der Waals surface area (Å²) in [5.74, 6) is 2.53. The van der Waals surface area contributed by atoms with E-state index >= 15 is 0 Å². The Kier molecular flexibility index (Phi) is 7.29. The van der Waals surface area contributed by atoms with E-state index in [4.69, 9.17) is 9.47 Å². The zero-order valence-electron chi connectivity index (χ0n) is 18.6. The van der Waals surface area contributed by atoms with Gasteiger partial charge < -0.3 is 9.47 Å². The molecule has 1 saturated carbocycles. The van der Waals surface area contributed by atoms with Crippen molar-refractivity contribution < 1.29 is 9.47 Å². The van der Waals surface area contributed by atoms with Crippen molar-refractivity contribution in [1.82, 2.24) is 9.80 Å². The lowest BCUT2D eigenvalue weighted by Gasteiger charge is -2.43. The number of methoxy groups -OCH3 is 2. The van der Waals surface area contributed by atoms with Crippen molar-refractivity contribution in [3.8, 4) is 11.5 Å². The molecule has 0 aromatic heterocycles. The molecule has 0 amide bonds. The van der Waals surface area contributed by atoms with Crippen LogP contribution >= 0.6 is 0 Å². The highest BCUT2D eigenvalue weighted by molar-refractivity contribution is 5.38. The maximum absolute atomic E-state index is 5.44. The smallest absolute Gasteiger partial charge is 0.122 e. The van der Waals surface area contributed by atoms with Crippen LogP contribution in [-0.4, -0.2) is 50.2 Å². The van der Waals surface area contributed by atoms with Gasteiger partial charge in [-0.15, -0.1) is 0 Å². The highest BCUT2D eigenvalue weighted by Gasteiger charge is 2.32. The topological polar surface area (TPSA) is 24.9 Å². The van der Waals surface area contributed by atoms with Gasteiger partial charge in [0.25, 0.3) is 0 Å². The first-order valence-corrected chi connectivity index (χ1v) is 11.5. The summed E-state index contributed by atoms with van der Waals surface area (Å²) in [6.07, 6.45) is 6.96. The van der Waals surface area contributed by atoms with Gasteiger partial charge in [-0.25, -0.2) is 0 Å². The molecule has 0 radical (unpaired) electrons. The van der Waals surface area contributed by atoms with E-state index in [2.05, 4.69) is 52.3 Å². The number of rotatable bonds is 7. The first-order valence-electron chi connectivity index (χ1n) is 11.5.